The van der Waals surface area contributed by atoms with Gasteiger partial charge in [0.1, 0.15) is 0 Å². The number of aliphatic hydroxyl groups is 1. The molecule has 0 aromatic rings. The fraction of sp³-hybridized carbons (Fsp3) is 0.750. The monoisotopic (exact) mass is 284 g/mol. The van der Waals surface area contributed by atoms with E-state index in [1.165, 1.54) is 5.57 Å². The zero-order valence-electron chi connectivity index (χ0n) is 14.0. The Morgan fingerprint density at radius 3 is 2.16 bits per heavy atom. The first kappa shape index (κ1) is 18.6. The highest BCUT2D eigenvalue weighted by Gasteiger charge is 2.39. The van der Waals surface area contributed by atoms with Crippen molar-refractivity contribution in [1.29, 1.82) is 0 Å². The molecule has 0 heterocycles. The van der Waals surface area contributed by atoms with Crippen LogP contribution in [0.3, 0.4) is 0 Å². The van der Waals surface area contributed by atoms with Crippen molar-refractivity contribution < 1.29 is 9.53 Å². The van der Waals surface area contributed by atoms with Gasteiger partial charge in [0.25, 0.3) is 0 Å². The van der Waals surface area contributed by atoms with Crippen LogP contribution in [-0.4, -0.2) is 26.1 Å². The van der Waals surface area contributed by atoms with Crippen LogP contribution in [0.1, 0.15) is 48.0 Å². The molecule has 112 valence electrons. The number of hydrogen-bond acceptors (Lipinski definition) is 2. The lowest BCUT2D eigenvalue weighted by atomic mass is 10.1. The second kappa shape index (κ2) is 7.41. The van der Waals surface area contributed by atoms with Gasteiger partial charge in [-0.15, -0.1) is 0 Å². The molecule has 0 aromatic carbocycles. The molecule has 0 rings (SSSR count). The predicted molar refractivity (Wildman–Crippen MR) is 87.0 cm³/mol. The Kier molecular flexibility index (Phi) is 7.26. The maximum absolute atomic E-state index is 9.09. The van der Waals surface area contributed by atoms with Gasteiger partial charge >= 0.3 is 0 Å². The van der Waals surface area contributed by atoms with Crippen molar-refractivity contribution in [3.05, 3.63) is 23.3 Å². The second-order valence-electron chi connectivity index (χ2n) is 6.84. The van der Waals surface area contributed by atoms with E-state index in [2.05, 4.69) is 59.9 Å². The molecule has 0 spiro atoms. The first-order chi connectivity index (χ1) is 8.55. The summed E-state index contributed by atoms with van der Waals surface area (Å²) in [4.78, 5) is 0. The molecule has 0 radical (unpaired) electrons. The summed E-state index contributed by atoms with van der Waals surface area (Å²) >= 11 is 0. The van der Waals surface area contributed by atoms with Gasteiger partial charge < -0.3 is 9.53 Å². The molecule has 0 saturated heterocycles. The van der Waals surface area contributed by atoms with Gasteiger partial charge in [0.15, 0.2) is 8.32 Å². The topological polar surface area (TPSA) is 29.5 Å². The Balaban J connectivity index is 5.00. The van der Waals surface area contributed by atoms with E-state index >= 15 is 0 Å². The first-order valence-corrected chi connectivity index (χ1v) is 10.0. The van der Waals surface area contributed by atoms with Gasteiger partial charge in [-0.25, -0.2) is 0 Å². The molecule has 0 bridgehead atoms. The van der Waals surface area contributed by atoms with Crippen LogP contribution in [0.15, 0.2) is 23.3 Å². The maximum Gasteiger partial charge on any atom is 0.192 e. The van der Waals surface area contributed by atoms with Gasteiger partial charge in [-0.1, -0.05) is 38.5 Å². The number of hydrogen-bond donors (Lipinski definition) is 1. The molecule has 0 saturated carbocycles. The molecule has 1 unspecified atom stereocenters. The highest BCUT2D eigenvalue weighted by atomic mass is 28.4. The third kappa shape index (κ3) is 6.06. The van der Waals surface area contributed by atoms with Gasteiger partial charge in [-0.3, -0.25) is 0 Å². The quantitative estimate of drug-likeness (QED) is 0.567. The zero-order valence-corrected chi connectivity index (χ0v) is 15.0. The fourth-order valence-electron chi connectivity index (χ4n) is 1.42. The van der Waals surface area contributed by atoms with E-state index in [0.29, 0.717) is 0 Å². The van der Waals surface area contributed by atoms with E-state index in [1.807, 2.05) is 6.92 Å². The van der Waals surface area contributed by atoms with Gasteiger partial charge in [0.2, 0.25) is 0 Å². The molecule has 0 fully saturated rings. The van der Waals surface area contributed by atoms with Crippen molar-refractivity contribution in [3.8, 4) is 0 Å². The molecule has 0 aliphatic rings. The second-order valence-corrected chi connectivity index (χ2v) is 11.6. The maximum atomic E-state index is 9.09. The van der Waals surface area contributed by atoms with Crippen LogP contribution in [0.2, 0.25) is 18.1 Å². The lowest BCUT2D eigenvalue weighted by Gasteiger charge is -2.39. The summed E-state index contributed by atoms with van der Waals surface area (Å²) in [7, 11) is -1.76. The Morgan fingerprint density at radius 2 is 1.79 bits per heavy atom. The Labute approximate surface area is 120 Å². The van der Waals surface area contributed by atoms with E-state index in [0.717, 1.165) is 12.0 Å². The molecule has 0 aromatic heterocycles. The van der Waals surface area contributed by atoms with E-state index < -0.39 is 8.32 Å². The molecule has 2 nitrogen and oxygen atoms in total. The van der Waals surface area contributed by atoms with Crippen molar-refractivity contribution in [1.82, 2.24) is 0 Å². The smallest absolute Gasteiger partial charge is 0.192 e. The summed E-state index contributed by atoms with van der Waals surface area (Å²) in [5, 5.41) is 9.31. The Bertz CT molecular complexity index is 335. The number of allylic oxidation sites excluding steroid dienone is 1. The summed E-state index contributed by atoms with van der Waals surface area (Å²) < 4.78 is 6.49. The lowest BCUT2D eigenvalue weighted by molar-refractivity contribution is 0.216. The normalized spacial score (nSPS) is 16.7. The molecule has 1 N–H and O–H groups in total. The van der Waals surface area contributed by atoms with Crippen LogP contribution in [0.5, 0.6) is 0 Å². The first-order valence-electron chi connectivity index (χ1n) is 7.12. The Morgan fingerprint density at radius 1 is 1.26 bits per heavy atom. The molecular weight excluding hydrogens is 252 g/mol. The fourth-order valence-corrected chi connectivity index (χ4v) is 2.77. The molecule has 19 heavy (non-hydrogen) atoms. The molecule has 1 atom stereocenters. The van der Waals surface area contributed by atoms with Gasteiger partial charge in [0, 0.05) is 0 Å². The molecule has 0 aliphatic carbocycles. The van der Waals surface area contributed by atoms with Gasteiger partial charge in [-0.2, -0.15) is 0 Å². The van der Waals surface area contributed by atoms with Crippen LogP contribution in [0.4, 0.5) is 0 Å². The average Bonchev–Trinajstić information content (AvgIpc) is 2.31. The van der Waals surface area contributed by atoms with Crippen molar-refractivity contribution in [3.63, 3.8) is 0 Å². The van der Waals surface area contributed by atoms with Crippen molar-refractivity contribution in [2.24, 2.45) is 0 Å². The molecule has 0 amide bonds. The van der Waals surface area contributed by atoms with Crippen LogP contribution in [-0.2, 0) is 4.43 Å². The van der Waals surface area contributed by atoms with E-state index in [9.17, 15) is 0 Å². The van der Waals surface area contributed by atoms with E-state index in [-0.39, 0.29) is 17.7 Å². The Hall–Kier alpha value is -0.383. The van der Waals surface area contributed by atoms with Gasteiger partial charge in [0.05, 0.1) is 12.7 Å². The van der Waals surface area contributed by atoms with Crippen LogP contribution >= 0.6 is 0 Å². The van der Waals surface area contributed by atoms with Crippen molar-refractivity contribution >= 4 is 8.32 Å². The van der Waals surface area contributed by atoms with Crippen LogP contribution < -0.4 is 0 Å². The van der Waals surface area contributed by atoms with Gasteiger partial charge in [-0.05, 0) is 50.9 Å². The highest BCUT2D eigenvalue weighted by Crippen LogP contribution is 2.38. The minimum Gasteiger partial charge on any atom is -0.410 e. The molecular formula is C16H32O2Si. The SMILES string of the molecule is C/C=C(/C)C(C/C=C(\C)CO)O[Si](C)(C)C(C)(C)C. The summed E-state index contributed by atoms with van der Waals surface area (Å²) in [6.07, 6.45) is 5.19. The standard InChI is InChI=1S/C16H32O2Si/c1-9-14(3)15(11-10-13(2)12-17)18-19(7,8)16(4,5)6/h9-10,15,17H,11-12H2,1-8H3/b13-10+,14-9-. The van der Waals surface area contributed by atoms with Crippen LogP contribution in [0, 0.1) is 0 Å². The summed E-state index contributed by atoms with van der Waals surface area (Å²) in [5.41, 5.74) is 2.28. The minimum absolute atomic E-state index is 0.127. The third-order valence-corrected chi connectivity index (χ3v) is 8.62. The third-order valence-electron chi connectivity index (χ3n) is 4.14. The van der Waals surface area contributed by atoms with Crippen molar-refractivity contribution in [2.75, 3.05) is 6.61 Å². The molecule has 3 heteroatoms. The van der Waals surface area contributed by atoms with E-state index in [4.69, 9.17) is 9.53 Å². The zero-order chi connectivity index (χ0) is 15.3. The number of rotatable bonds is 6. The summed E-state index contributed by atoms with van der Waals surface area (Å²) in [6.45, 7) is 17.6. The summed E-state index contributed by atoms with van der Waals surface area (Å²) in [6, 6.07) is 0. The number of aliphatic hydroxyl groups excluding tert-OH is 1. The summed E-state index contributed by atoms with van der Waals surface area (Å²) in [5.74, 6) is 0. The minimum atomic E-state index is -1.76. The predicted octanol–water partition coefficient (Wildman–Crippen LogP) is 4.67. The average molecular weight is 285 g/mol. The van der Waals surface area contributed by atoms with Crippen molar-refractivity contribution in [2.45, 2.75) is 72.2 Å². The lowest BCUT2D eigenvalue weighted by Crippen LogP contribution is -2.44. The van der Waals surface area contributed by atoms with Crippen LogP contribution in [0.25, 0.3) is 0 Å². The highest BCUT2D eigenvalue weighted by molar-refractivity contribution is 6.74. The molecule has 0 aliphatic heterocycles. The van der Waals surface area contributed by atoms with E-state index in [1.54, 1.807) is 0 Å². The largest absolute Gasteiger partial charge is 0.410 e.